The number of halogens is 1. The van der Waals surface area contributed by atoms with Gasteiger partial charge in [0, 0.05) is 6.61 Å². The van der Waals surface area contributed by atoms with E-state index in [4.69, 9.17) is 21.4 Å². The number of alkyl halides is 1. The third-order valence-corrected chi connectivity index (χ3v) is 2.57. The lowest BCUT2D eigenvalue weighted by Gasteiger charge is -2.11. The second-order valence-corrected chi connectivity index (χ2v) is 3.91. The molecule has 0 aliphatic rings. The molecule has 0 fully saturated rings. The number of hydrogen-bond acceptors (Lipinski definition) is 2. The van der Waals surface area contributed by atoms with Gasteiger partial charge in [-0.1, -0.05) is 39.0 Å². The van der Waals surface area contributed by atoms with E-state index < -0.39 is 0 Å². The third kappa shape index (κ3) is 8.79. The van der Waals surface area contributed by atoms with Gasteiger partial charge in [0.2, 0.25) is 0 Å². The molecule has 1 unspecified atom stereocenters. The fourth-order valence-electron chi connectivity index (χ4n) is 1.28. The van der Waals surface area contributed by atoms with Crippen LogP contribution in [0.3, 0.4) is 0 Å². The zero-order chi connectivity index (χ0) is 10.6. The molecule has 0 saturated heterocycles. The Morgan fingerprint density at radius 1 is 1.14 bits per heavy atom. The topological polar surface area (TPSA) is 29.5 Å². The molecule has 2 nitrogen and oxygen atoms in total. The van der Waals surface area contributed by atoms with Crippen LogP contribution >= 0.6 is 11.6 Å². The van der Waals surface area contributed by atoms with Gasteiger partial charge in [0.15, 0.2) is 0 Å². The summed E-state index contributed by atoms with van der Waals surface area (Å²) in [4.78, 5) is 0. The molecule has 86 valence electrons. The number of unbranched alkanes of at least 4 members (excludes halogenated alkanes) is 5. The molecule has 0 aromatic rings. The molecular formula is C11H23ClO2. The Balaban J connectivity index is 3.04. The van der Waals surface area contributed by atoms with Gasteiger partial charge in [0.1, 0.15) is 0 Å². The minimum absolute atomic E-state index is 0.0271. The highest BCUT2D eigenvalue weighted by atomic mass is 35.5. The van der Waals surface area contributed by atoms with Gasteiger partial charge in [0.05, 0.1) is 18.6 Å². The van der Waals surface area contributed by atoms with Crippen molar-refractivity contribution in [3.05, 3.63) is 0 Å². The maximum absolute atomic E-state index is 8.79. The highest BCUT2D eigenvalue weighted by molar-refractivity contribution is 6.18. The summed E-state index contributed by atoms with van der Waals surface area (Å²) >= 11 is 5.56. The standard InChI is InChI=1S/C11H23ClO2/c1-2-3-4-5-6-7-8-14-11(9-12)10-13/h11,13H,2-10H2,1H3. The first-order valence-electron chi connectivity index (χ1n) is 5.63. The number of hydrogen-bond donors (Lipinski definition) is 1. The molecule has 1 N–H and O–H groups in total. The lowest BCUT2D eigenvalue weighted by molar-refractivity contribution is 0.0252. The van der Waals surface area contributed by atoms with E-state index in [9.17, 15) is 0 Å². The first-order valence-corrected chi connectivity index (χ1v) is 6.17. The van der Waals surface area contributed by atoms with Crippen LogP contribution in [0.5, 0.6) is 0 Å². The normalized spacial score (nSPS) is 13.1. The number of aliphatic hydroxyl groups excluding tert-OH is 1. The molecule has 0 aromatic carbocycles. The summed E-state index contributed by atoms with van der Waals surface area (Å²) < 4.78 is 5.37. The van der Waals surface area contributed by atoms with Gasteiger partial charge < -0.3 is 9.84 Å². The quantitative estimate of drug-likeness (QED) is 0.455. The second-order valence-electron chi connectivity index (χ2n) is 3.60. The molecule has 0 rings (SSSR count). The Hall–Kier alpha value is 0.210. The summed E-state index contributed by atoms with van der Waals surface area (Å²) in [5.74, 6) is 0.381. The molecule has 0 radical (unpaired) electrons. The van der Waals surface area contributed by atoms with Crippen LogP contribution in [-0.2, 0) is 4.74 Å². The summed E-state index contributed by atoms with van der Waals surface area (Å²) in [7, 11) is 0. The molecule has 14 heavy (non-hydrogen) atoms. The predicted octanol–water partition coefficient (Wildman–Crippen LogP) is 2.96. The van der Waals surface area contributed by atoms with Crippen molar-refractivity contribution in [2.45, 2.75) is 51.6 Å². The van der Waals surface area contributed by atoms with Gasteiger partial charge in [-0.05, 0) is 6.42 Å². The summed E-state index contributed by atoms with van der Waals surface area (Å²) in [6.45, 7) is 2.97. The van der Waals surface area contributed by atoms with Gasteiger partial charge in [-0.3, -0.25) is 0 Å². The van der Waals surface area contributed by atoms with Crippen molar-refractivity contribution >= 4 is 11.6 Å². The first kappa shape index (κ1) is 14.2. The van der Waals surface area contributed by atoms with Gasteiger partial charge >= 0.3 is 0 Å². The molecular weight excluding hydrogens is 200 g/mol. The third-order valence-electron chi connectivity index (χ3n) is 2.23. The Bertz CT molecular complexity index is 105. The Kier molecular flexibility index (Phi) is 11.5. The van der Waals surface area contributed by atoms with Crippen LogP contribution in [0.15, 0.2) is 0 Å². The van der Waals surface area contributed by atoms with Crippen molar-refractivity contribution in [2.24, 2.45) is 0 Å². The number of aliphatic hydroxyl groups is 1. The van der Waals surface area contributed by atoms with Crippen LogP contribution in [0, 0.1) is 0 Å². The minimum Gasteiger partial charge on any atom is -0.394 e. The van der Waals surface area contributed by atoms with E-state index in [1.807, 2.05) is 0 Å². The van der Waals surface area contributed by atoms with Gasteiger partial charge in [-0.2, -0.15) is 0 Å². The second kappa shape index (κ2) is 11.3. The summed E-state index contributed by atoms with van der Waals surface area (Å²) in [6, 6.07) is 0. The molecule has 0 aliphatic heterocycles. The molecule has 0 bridgehead atoms. The average Bonchev–Trinajstić information content (AvgIpc) is 2.22. The lowest BCUT2D eigenvalue weighted by Crippen LogP contribution is -2.19. The maximum atomic E-state index is 8.79. The van der Waals surface area contributed by atoms with Crippen molar-refractivity contribution in [1.82, 2.24) is 0 Å². The van der Waals surface area contributed by atoms with Gasteiger partial charge in [0.25, 0.3) is 0 Å². The molecule has 0 aliphatic carbocycles. The lowest BCUT2D eigenvalue weighted by atomic mass is 10.1. The predicted molar refractivity (Wildman–Crippen MR) is 60.9 cm³/mol. The monoisotopic (exact) mass is 222 g/mol. The zero-order valence-corrected chi connectivity index (χ0v) is 9.93. The van der Waals surface area contributed by atoms with Gasteiger partial charge in [-0.15, -0.1) is 11.6 Å². The smallest absolute Gasteiger partial charge is 0.0940 e. The summed E-state index contributed by atoms with van der Waals surface area (Å²) in [5, 5.41) is 8.79. The van der Waals surface area contributed by atoms with Crippen molar-refractivity contribution in [3.63, 3.8) is 0 Å². The first-order chi connectivity index (χ1) is 6.85. The van der Waals surface area contributed by atoms with E-state index >= 15 is 0 Å². The minimum atomic E-state index is -0.174. The Morgan fingerprint density at radius 3 is 2.36 bits per heavy atom. The van der Waals surface area contributed by atoms with Crippen LogP contribution in [0.25, 0.3) is 0 Å². The van der Waals surface area contributed by atoms with E-state index in [-0.39, 0.29) is 12.7 Å². The van der Waals surface area contributed by atoms with Crippen molar-refractivity contribution in [2.75, 3.05) is 19.1 Å². The van der Waals surface area contributed by atoms with E-state index in [1.165, 1.54) is 32.1 Å². The van der Waals surface area contributed by atoms with E-state index in [0.29, 0.717) is 5.88 Å². The fourth-order valence-corrected chi connectivity index (χ4v) is 1.47. The maximum Gasteiger partial charge on any atom is 0.0940 e. The zero-order valence-electron chi connectivity index (χ0n) is 9.17. The highest BCUT2D eigenvalue weighted by Crippen LogP contribution is 2.05. The fraction of sp³-hybridized carbons (Fsp3) is 1.00. The molecule has 0 heterocycles. The molecule has 0 amide bonds. The van der Waals surface area contributed by atoms with Crippen molar-refractivity contribution < 1.29 is 9.84 Å². The molecule has 1 atom stereocenters. The van der Waals surface area contributed by atoms with E-state index in [1.54, 1.807) is 0 Å². The van der Waals surface area contributed by atoms with Crippen molar-refractivity contribution in [1.29, 1.82) is 0 Å². The average molecular weight is 223 g/mol. The number of ether oxygens (including phenoxy) is 1. The summed E-state index contributed by atoms with van der Waals surface area (Å²) in [6.07, 6.45) is 7.37. The molecule has 3 heteroatoms. The van der Waals surface area contributed by atoms with Gasteiger partial charge in [-0.25, -0.2) is 0 Å². The van der Waals surface area contributed by atoms with E-state index in [0.717, 1.165) is 13.0 Å². The Morgan fingerprint density at radius 2 is 1.79 bits per heavy atom. The largest absolute Gasteiger partial charge is 0.394 e. The van der Waals surface area contributed by atoms with Crippen LogP contribution in [0.2, 0.25) is 0 Å². The SMILES string of the molecule is CCCCCCCCOC(CO)CCl. The molecule has 0 spiro atoms. The highest BCUT2D eigenvalue weighted by Gasteiger charge is 2.04. The van der Waals surface area contributed by atoms with Crippen molar-refractivity contribution in [3.8, 4) is 0 Å². The summed E-state index contributed by atoms with van der Waals surface area (Å²) in [5.41, 5.74) is 0. The van der Waals surface area contributed by atoms with Crippen LogP contribution in [0.1, 0.15) is 45.4 Å². The Labute approximate surface area is 92.6 Å². The number of rotatable bonds is 10. The van der Waals surface area contributed by atoms with E-state index in [2.05, 4.69) is 6.92 Å². The van der Waals surface area contributed by atoms with Crippen LogP contribution < -0.4 is 0 Å². The molecule has 0 saturated carbocycles. The van der Waals surface area contributed by atoms with Crippen LogP contribution in [-0.4, -0.2) is 30.3 Å². The van der Waals surface area contributed by atoms with Crippen LogP contribution in [0.4, 0.5) is 0 Å². The molecule has 0 aromatic heterocycles.